The maximum absolute atomic E-state index is 12.9. The SMILES string of the molecule is CC(C)(C)OC(=O)[C@@H]1C[C@]2(CC(c3cccc(Cl)c3)=NO2)CN1C(=O)OC(C)(C)C.COC(=O)[C@@H]1C[C@@]2(CN1)CC(c1cccc(Cl)c1)=NO2. The average Bonchev–Trinajstić information content (AvgIpc) is 3.83. The summed E-state index contributed by atoms with van der Waals surface area (Å²) in [5.74, 6) is -0.744. The summed E-state index contributed by atoms with van der Waals surface area (Å²) in [6.07, 6.45) is 1.37. The summed E-state index contributed by atoms with van der Waals surface area (Å²) in [6.45, 7) is 11.5. The van der Waals surface area contributed by atoms with Gasteiger partial charge in [0, 0.05) is 53.4 Å². The molecule has 2 spiro atoms. The second kappa shape index (κ2) is 14.4. The van der Waals surface area contributed by atoms with Crippen molar-refractivity contribution in [3.05, 3.63) is 69.7 Å². The lowest BCUT2D eigenvalue weighted by Gasteiger charge is -2.29. The number of esters is 2. The topological polar surface area (TPSA) is 137 Å². The number of benzene rings is 2. The second-order valence-corrected chi connectivity index (χ2v) is 15.9. The van der Waals surface area contributed by atoms with Gasteiger partial charge in [0.25, 0.3) is 0 Å². The van der Waals surface area contributed by atoms with E-state index in [1.54, 1.807) is 47.6 Å². The Bertz CT molecular complexity index is 1650. The molecule has 0 aromatic heterocycles. The molecule has 0 unspecified atom stereocenters. The highest BCUT2D eigenvalue weighted by Gasteiger charge is 2.55. The van der Waals surface area contributed by atoms with Crippen LogP contribution in [0.25, 0.3) is 0 Å². The third kappa shape index (κ3) is 9.07. The molecule has 4 atom stereocenters. The van der Waals surface area contributed by atoms with E-state index in [0.29, 0.717) is 35.9 Å². The van der Waals surface area contributed by atoms with E-state index in [1.165, 1.54) is 12.0 Å². The van der Waals surface area contributed by atoms with E-state index in [0.717, 1.165) is 22.6 Å². The third-order valence-electron chi connectivity index (χ3n) is 8.43. The molecule has 6 rings (SSSR count). The zero-order valence-electron chi connectivity index (χ0n) is 29.4. The lowest BCUT2D eigenvalue weighted by molar-refractivity contribution is -0.160. The summed E-state index contributed by atoms with van der Waals surface area (Å²) >= 11 is 12.1. The first kappa shape index (κ1) is 37.4. The Morgan fingerprint density at radius 2 is 1.36 bits per heavy atom. The first-order chi connectivity index (χ1) is 23.4. The molecule has 270 valence electrons. The number of carbonyl (C=O) groups is 3. The molecular weight excluding hydrogens is 687 g/mol. The molecule has 4 aliphatic heterocycles. The Morgan fingerprint density at radius 3 is 1.88 bits per heavy atom. The Morgan fingerprint density at radius 1 is 0.820 bits per heavy atom. The number of hydrogen-bond donors (Lipinski definition) is 1. The van der Waals surface area contributed by atoms with Gasteiger partial charge < -0.3 is 29.2 Å². The molecule has 2 aromatic rings. The number of oxime groups is 2. The summed E-state index contributed by atoms with van der Waals surface area (Å²) in [4.78, 5) is 50.1. The molecule has 50 heavy (non-hydrogen) atoms. The van der Waals surface area contributed by atoms with E-state index in [-0.39, 0.29) is 25.0 Å². The second-order valence-electron chi connectivity index (χ2n) is 15.0. The molecule has 0 radical (unpaired) electrons. The van der Waals surface area contributed by atoms with Gasteiger partial charge in [-0.25, -0.2) is 9.59 Å². The minimum Gasteiger partial charge on any atom is -0.468 e. The van der Waals surface area contributed by atoms with Gasteiger partial charge in [-0.1, -0.05) is 57.8 Å². The minimum absolute atomic E-state index is 0.180. The first-order valence-corrected chi connectivity index (χ1v) is 17.2. The fourth-order valence-corrected chi connectivity index (χ4v) is 6.64. The maximum Gasteiger partial charge on any atom is 0.411 e. The molecule has 2 aromatic carbocycles. The quantitative estimate of drug-likeness (QED) is 0.284. The predicted octanol–water partition coefficient (Wildman–Crippen LogP) is 6.29. The summed E-state index contributed by atoms with van der Waals surface area (Å²) in [5, 5.41) is 12.8. The van der Waals surface area contributed by atoms with Crippen LogP contribution in [0.4, 0.5) is 4.79 Å². The fourth-order valence-electron chi connectivity index (χ4n) is 6.26. The molecule has 2 saturated heterocycles. The zero-order valence-corrected chi connectivity index (χ0v) is 30.9. The van der Waals surface area contributed by atoms with Crippen molar-refractivity contribution in [2.75, 3.05) is 20.2 Å². The number of halogens is 2. The van der Waals surface area contributed by atoms with Crippen molar-refractivity contribution in [1.29, 1.82) is 0 Å². The van der Waals surface area contributed by atoms with Crippen molar-refractivity contribution >= 4 is 52.7 Å². The van der Waals surface area contributed by atoms with Gasteiger partial charge in [0.2, 0.25) is 0 Å². The summed E-state index contributed by atoms with van der Waals surface area (Å²) in [5.41, 5.74) is 0.772. The van der Waals surface area contributed by atoms with Gasteiger partial charge in [0.15, 0.2) is 11.2 Å². The average molecular weight is 732 g/mol. The number of ether oxygens (including phenoxy) is 3. The largest absolute Gasteiger partial charge is 0.468 e. The van der Waals surface area contributed by atoms with Crippen molar-refractivity contribution in [2.45, 2.75) is 102 Å². The number of carbonyl (C=O) groups excluding carboxylic acids is 3. The molecule has 1 N–H and O–H groups in total. The molecule has 14 heteroatoms. The van der Waals surface area contributed by atoms with Crippen LogP contribution in [-0.2, 0) is 33.5 Å². The molecule has 12 nitrogen and oxygen atoms in total. The molecule has 0 saturated carbocycles. The van der Waals surface area contributed by atoms with Gasteiger partial charge in [0.1, 0.15) is 23.3 Å². The summed E-state index contributed by atoms with van der Waals surface area (Å²) in [6, 6.07) is 13.7. The highest BCUT2D eigenvalue weighted by molar-refractivity contribution is 6.31. The van der Waals surface area contributed by atoms with Crippen molar-refractivity contribution in [1.82, 2.24) is 10.2 Å². The van der Waals surface area contributed by atoms with Crippen LogP contribution in [0, 0.1) is 0 Å². The number of hydrogen-bond acceptors (Lipinski definition) is 11. The van der Waals surface area contributed by atoms with E-state index in [2.05, 4.69) is 15.6 Å². The highest BCUT2D eigenvalue weighted by Crippen LogP contribution is 2.40. The summed E-state index contributed by atoms with van der Waals surface area (Å²) in [7, 11) is 1.39. The van der Waals surface area contributed by atoms with Crippen molar-refractivity contribution in [3.63, 3.8) is 0 Å². The van der Waals surface area contributed by atoms with Crippen LogP contribution in [0.3, 0.4) is 0 Å². The number of methoxy groups -OCH3 is 1. The van der Waals surface area contributed by atoms with Gasteiger partial charge in [-0.3, -0.25) is 9.69 Å². The Kier molecular flexibility index (Phi) is 10.8. The van der Waals surface area contributed by atoms with Gasteiger partial charge in [-0.05, 0) is 65.8 Å². The molecule has 4 aliphatic rings. The molecule has 2 fully saturated rings. The lowest BCUT2D eigenvalue weighted by Crippen LogP contribution is -2.46. The Balaban J connectivity index is 0.000000210. The predicted molar refractivity (Wildman–Crippen MR) is 188 cm³/mol. The van der Waals surface area contributed by atoms with E-state index < -0.39 is 40.5 Å². The zero-order chi connectivity index (χ0) is 36.5. The van der Waals surface area contributed by atoms with Crippen LogP contribution in [0.5, 0.6) is 0 Å². The van der Waals surface area contributed by atoms with Crippen LogP contribution >= 0.6 is 23.2 Å². The van der Waals surface area contributed by atoms with Crippen LogP contribution < -0.4 is 5.32 Å². The van der Waals surface area contributed by atoms with E-state index in [4.69, 9.17) is 47.1 Å². The van der Waals surface area contributed by atoms with Crippen LogP contribution in [-0.4, -0.2) is 89.0 Å². The van der Waals surface area contributed by atoms with Crippen molar-refractivity contribution < 1.29 is 38.3 Å². The van der Waals surface area contributed by atoms with Crippen molar-refractivity contribution in [3.8, 4) is 0 Å². The van der Waals surface area contributed by atoms with Gasteiger partial charge in [-0.15, -0.1) is 0 Å². The number of nitrogens with one attached hydrogen (secondary N) is 1. The van der Waals surface area contributed by atoms with E-state index >= 15 is 0 Å². The Hall–Kier alpha value is -3.87. The number of likely N-dealkylation sites (tertiary alicyclic amines) is 1. The highest BCUT2D eigenvalue weighted by atomic mass is 35.5. The van der Waals surface area contributed by atoms with Gasteiger partial charge in [0.05, 0.1) is 25.1 Å². The van der Waals surface area contributed by atoms with Crippen LogP contribution in [0.15, 0.2) is 58.8 Å². The molecule has 4 heterocycles. The van der Waals surface area contributed by atoms with E-state index in [1.807, 2.05) is 42.5 Å². The molecule has 1 amide bonds. The molecule has 0 bridgehead atoms. The molecular formula is C36H44Cl2N4O8. The number of rotatable bonds is 4. The maximum atomic E-state index is 12.9. The first-order valence-electron chi connectivity index (χ1n) is 16.4. The third-order valence-corrected chi connectivity index (χ3v) is 8.90. The smallest absolute Gasteiger partial charge is 0.411 e. The van der Waals surface area contributed by atoms with Gasteiger partial charge >= 0.3 is 18.0 Å². The Labute approximate surface area is 302 Å². The standard InChI is InChI=1S/C22H29ClN2O5.C14H15ClN2O3/c1-20(2,3)28-18(26)17-12-22(13-25(17)19(27)29-21(4,5)6)11-16(24-30-22)14-8-7-9-15(23)10-14;1-19-13(18)12-7-14(8-16-12)6-11(17-20-14)9-3-2-4-10(15)5-9/h7-10,17H,11-13H2,1-6H3;2-5,12,16H,6-8H2,1H3/t17-,22+;12-,14+/m00/s1. The van der Waals surface area contributed by atoms with E-state index in [9.17, 15) is 14.4 Å². The van der Waals surface area contributed by atoms with Gasteiger partial charge in [-0.2, -0.15) is 0 Å². The minimum atomic E-state index is -0.812. The van der Waals surface area contributed by atoms with Crippen molar-refractivity contribution in [2.24, 2.45) is 10.3 Å². The number of amides is 1. The lowest BCUT2D eigenvalue weighted by atomic mass is 9.92. The normalized spacial score (nSPS) is 25.7. The van der Waals surface area contributed by atoms with Crippen LogP contribution in [0.2, 0.25) is 10.0 Å². The number of nitrogens with zero attached hydrogens (tertiary/aromatic N) is 3. The molecule has 0 aliphatic carbocycles. The fraction of sp³-hybridized carbons (Fsp3) is 0.528. The summed E-state index contributed by atoms with van der Waals surface area (Å²) < 4.78 is 15.8. The monoisotopic (exact) mass is 730 g/mol. The van der Waals surface area contributed by atoms with Crippen LogP contribution in [0.1, 0.15) is 78.4 Å².